The number of aliphatic hydroxyl groups is 3. The van der Waals surface area contributed by atoms with Gasteiger partial charge in [-0.15, -0.1) is 0 Å². The molecule has 0 amide bonds. The SMILES string of the molecule is CC1CCN(c2nc(NCC(c3ccccc3)c3ccccc3)c3ncn([C@]4(C)O[C@@H](O)[C@@H](O)[C@H]4O)c3n2)[C@H]1N.O=C(O)C(F)(F)F. The number of imidazole rings is 1. The minimum Gasteiger partial charge on any atom is -0.475 e. The maximum Gasteiger partial charge on any atom is 0.490 e. The molecule has 4 heterocycles. The van der Waals surface area contributed by atoms with Gasteiger partial charge < -0.3 is 41.1 Å². The molecule has 47 heavy (non-hydrogen) atoms. The van der Waals surface area contributed by atoms with E-state index in [1.165, 1.54) is 6.33 Å². The second-order valence-electron chi connectivity index (χ2n) is 11.7. The van der Waals surface area contributed by atoms with E-state index in [1.807, 2.05) is 41.3 Å². The fourth-order valence-corrected chi connectivity index (χ4v) is 5.72. The van der Waals surface area contributed by atoms with Gasteiger partial charge in [0, 0.05) is 19.0 Å². The van der Waals surface area contributed by atoms with Crippen molar-refractivity contribution in [1.29, 1.82) is 0 Å². The lowest BCUT2D eigenvalue weighted by Gasteiger charge is -2.29. The molecule has 0 radical (unpaired) electrons. The van der Waals surface area contributed by atoms with Gasteiger partial charge >= 0.3 is 12.1 Å². The van der Waals surface area contributed by atoms with Crippen LogP contribution in [0.25, 0.3) is 11.2 Å². The average molecular weight is 660 g/mol. The average Bonchev–Trinajstić information content (AvgIpc) is 3.69. The van der Waals surface area contributed by atoms with Crippen LogP contribution in [0.5, 0.6) is 0 Å². The number of carbonyl (C=O) groups is 1. The Morgan fingerprint density at radius 1 is 1.09 bits per heavy atom. The molecular formula is C31H36F3N7O6. The Morgan fingerprint density at radius 2 is 1.66 bits per heavy atom. The lowest BCUT2D eigenvalue weighted by molar-refractivity contribution is -0.192. The molecular weight excluding hydrogens is 623 g/mol. The van der Waals surface area contributed by atoms with Gasteiger partial charge in [0.2, 0.25) is 5.95 Å². The Kier molecular flexibility index (Phi) is 9.70. The number of halogens is 3. The number of ether oxygens (including phenoxy) is 1. The third-order valence-corrected chi connectivity index (χ3v) is 8.53. The number of aliphatic hydroxyl groups excluding tert-OH is 3. The van der Waals surface area contributed by atoms with E-state index < -0.39 is 36.4 Å². The Balaban J connectivity index is 0.000000559. The van der Waals surface area contributed by atoms with Crippen molar-refractivity contribution in [3.63, 3.8) is 0 Å². The third-order valence-electron chi connectivity index (χ3n) is 8.53. The number of carboxylic acids is 1. The molecule has 2 aliphatic rings. The standard InChI is InChI=1S/C29H35N7O4.C2HF3O2/c1-17-13-14-35(24(17)30)28-33-25(31-15-20(18-9-5-3-6-10-18)19-11-7-4-8-12-19)21-26(34-28)36(16-32-21)29(2)23(38)22(37)27(39)40-29;3-2(4,5)1(6)7/h3-12,16-17,20,22-24,27,37-39H,13-15,30H2,1-2H3,(H,31,33,34);(H,6,7)/t17?,22-,23+,24+,27+,29+;/m0./s1. The number of anilines is 2. The number of hydrogen-bond donors (Lipinski definition) is 6. The van der Waals surface area contributed by atoms with Crippen LogP contribution in [-0.2, 0) is 15.3 Å². The summed E-state index contributed by atoms with van der Waals surface area (Å²) in [5.41, 5.74) is 8.18. The number of alkyl halides is 3. The predicted octanol–water partition coefficient (Wildman–Crippen LogP) is 2.58. The van der Waals surface area contributed by atoms with E-state index in [0.717, 1.165) is 17.5 Å². The van der Waals surface area contributed by atoms with Crippen molar-refractivity contribution >= 4 is 28.9 Å². The molecule has 4 aromatic rings. The number of benzene rings is 2. The highest BCUT2D eigenvalue weighted by molar-refractivity contribution is 5.84. The van der Waals surface area contributed by atoms with Crippen LogP contribution in [0.4, 0.5) is 24.9 Å². The fourth-order valence-electron chi connectivity index (χ4n) is 5.72. The maximum absolute atomic E-state index is 10.8. The fraction of sp³-hybridized carbons (Fsp3) is 0.419. The molecule has 2 aromatic carbocycles. The molecule has 6 rings (SSSR count). The first-order valence-electron chi connectivity index (χ1n) is 14.9. The van der Waals surface area contributed by atoms with E-state index in [2.05, 4.69) is 41.5 Å². The second-order valence-corrected chi connectivity index (χ2v) is 11.7. The third kappa shape index (κ3) is 6.87. The van der Waals surface area contributed by atoms with E-state index in [4.69, 9.17) is 30.3 Å². The Morgan fingerprint density at radius 3 is 2.13 bits per heavy atom. The van der Waals surface area contributed by atoms with Gasteiger partial charge in [-0.2, -0.15) is 23.1 Å². The van der Waals surface area contributed by atoms with Crippen LogP contribution in [0.1, 0.15) is 37.3 Å². The number of nitrogens with two attached hydrogens (primary N) is 1. The van der Waals surface area contributed by atoms with E-state index >= 15 is 0 Å². The summed E-state index contributed by atoms with van der Waals surface area (Å²) in [7, 11) is 0. The van der Waals surface area contributed by atoms with Gasteiger partial charge in [-0.1, -0.05) is 67.6 Å². The summed E-state index contributed by atoms with van der Waals surface area (Å²) >= 11 is 0. The summed E-state index contributed by atoms with van der Waals surface area (Å²) < 4.78 is 38.9. The lowest BCUT2D eigenvalue weighted by atomic mass is 9.91. The van der Waals surface area contributed by atoms with Gasteiger partial charge in [0.1, 0.15) is 12.2 Å². The van der Waals surface area contributed by atoms with E-state index in [0.29, 0.717) is 36.0 Å². The summed E-state index contributed by atoms with van der Waals surface area (Å²) in [6.45, 7) is 4.91. The van der Waals surface area contributed by atoms with Gasteiger partial charge in [-0.25, -0.2) is 9.78 Å². The highest BCUT2D eigenvalue weighted by Crippen LogP contribution is 2.38. The number of aliphatic carboxylic acids is 1. The molecule has 2 aliphatic heterocycles. The number of rotatable bonds is 7. The number of hydrogen-bond acceptors (Lipinski definition) is 11. The molecule has 13 nitrogen and oxygen atoms in total. The number of aromatic nitrogens is 4. The van der Waals surface area contributed by atoms with Crippen molar-refractivity contribution in [2.24, 2.45) is 11.7 Å². The molecule has 0 saturated carbocycles. The van der Waals surface area contributed by atoms with Crippen LogP contribution in [0.2, 0.25) is 0 Å². The van der Waals surface area contributed by atoms with Crippen LogP contribution in [0.3, 0.4) is 0 Å². The molecule has 6 atom stereocenters. The summed E-state index contributed by atoms with van der Waals surface area (Å²) in [4.78, 5) is 25.2. The summed E-state index contributed by atoms with van der Waals surface area (Å²) in [6.07, 6.45) is -7.39. The van der Waals surface area contributed by atoms with Gasteiger partial charge in [0.05, 0.1) is 12.5 Å². The topological polar surface area (TPSA) is 192 Å². The van der Waals surface area contributed by atoms with Crippen molar-refractivity contribution in [2.75, 3.05) is 23.3 Å². The Labute approximate surface area is 267 Å². The first-order chi connectivity index (χ1) is 22.2. The summed E-state index contributed by atoms with van der Waals surface area (Å²) in [5, 5.41) is 41.8. The van der Waals surface area contributed by atoms with Crippen molar-refractivity contribution in [1.82, 2.24) is 19.5 Å². The molecule has 2 saturated heterocycles. The molecule has 0 bridgehead atoms. The van der Waals surface area contributed by atoms with E-state index in [-0.39, 0.29) is 18.0 Å². The zero-order valence-electron chi connectivity index (χ0n) is 25.5. The van der Waals surface area contributed by atoms with Gasteiger partial charge in [-0.3, -0.25) is 4.57 Å². The minimum absolute atomic E-state index is 0.0369. The molecule has 0 aliphatic carbocycles. The van der Waals surface area contributed by atoms with Crippen LogP contribution >= 0.6 is 0 Å². The van der Waals surface area contributed by atoms with Crippen LogP contribution < -0.4 is 16.0 Å². The van der Waals surface area contributed by atoms with E-state index in [9.17, 15) is 28.5 Å². The Bertz CT molecular complexity index is 1640. The summed E-state index contributed by atoms with van der Waals surface area (Å²) in [5.74, 6) is -1.51. The number of carboxylic acid groups (broad SMARTS) is 1. The quantitative estimate of drug-likeness (QED) is 0.170. The van der Waals surface area contributed by atoms with Crippen LogP contribution in [-0.4, -0.2) is 89.8 Å². The maximum atomic E-state index is 10.8. The molecule has 2 aromatic heterocycles. The van der Waals surface area contributed by atoms with Gasteiger partial charge in [0.25, 0.3) is 0 Å². The molecule has 7 N–H and O–H groups in total. The number of nitrogens with zero attached hydrogens (tertiary/aromatic N) is 5. The van der Waals surface area contributed by atoms with Crippen molar-refractivity contribution < 1.29 is 43.1 Å². The highest BCUT2D eigenvalue weighted by Gasteiger charge is 2.53. The smallest absolute Gasteiger partial charge is 0.475 e. The van der Waals surface area contributed by atoms with Crippen LogP contribution in [0, 0.1) is 5.92 Å². The van der Waals surface area contributed by atoms with Crippen LogP contribution in [0.15, 0.2) is 67.0 Å². The predicted molar refractivity (Wildman–Crippen MR) is 164 cm³/mol. The number of nitrogens with one attached hydrogen (secondary N) is 1. The molecule has 1 unspecified atom stereocenters. The molecule has 0 spiro atoms. The first kappa shape index (κ1) is 34.0. The highest BCUT2D eigenvalue weighted by atomic mass is 19.4. The minimum atomic E-state index is -5.08. The van der Waals surface area contributed by atoms with E-state index in [1.54, 1.807) is 11.5 Å². The lowest BCUT2D eigenvalue weighted by Crippen LogP contribution is -2.43. The molecule has 16 heteroatoms. The van der Waals surface area contributed by atoms with Crippen molar-refractivity contribution in [3.8, 4) is 0 Å². The Hall–Kier alpha value is -4.35. The summed E-state index contributed by atoms with van der Waals surface area (Å²) in [6, 6.07) is 20.5. The zero-order valence-corrected chi connectivity index (χ0v) is 25.5. The monoisotopic (exact) mass is 659 g/mol. The normalized spacial score (nSPS) is 26.0. The van der Waals surface area contributed by atoms with Crippen molar-refractivity contribution in [3.05, 3.63) is 78.1 Å². The zero-order chi connectivity index (χ0) is 34.1. The van der Waals surface area contributed by atoms with Gasteiger partial charge in [-0.05, 0) is 30.4 Å². The first-order valence-corrected chi connectivity index (χ1v) is 14.9. The largest absolute Gasteiger partial charge is 0.490 e. The van der Waals surface area contributed by atoms with Crippen molar-refractivity contribution in [2.45, 2.75) is 62.8 Å². The second kappa shape index (κ2) is 13.4. The van der Waals surface area contributed by atoms with Gasteiger partial charge in [0.15, 0.2) is 29.0 Å². The molecule has 252 valence electrons. The molecule has 2 fully saturated rings. The number of fused-ring (bicyclic) bond motifs is 1.